The van der Waals surface area contributed by atoms with Crippen molar-refractivity contribution >= 4 is 58.5 Å². The van der Waals surface area contributed by atoms with Crippen molar-refractivity contribution in [2.75, 3.05) is 19.8 Å². The number of thiazole rings is 1. The lowest BCUT2D eigenvalue weighted by atomic mass is 9.68. The van der Waals surface area contributed by atoms with Gasteiger partial charge in [0.05, 0.1) is 23.5 Å². The van der Waals surface area contributed by atoms with E-state index >= 15 is 0 Å². The first-order chi connectivity index (χ1) is 20.2. The summed E-state index contributed by atoms with van der Waals surface area (Å²) in [7, 11) is 0. The first-order valence-corrected chi connectivity index (χ1v) is 16.3. The average molecular weight is 635 g/mol. The van der Waals surface area contributed by atoms with Gasteiger partial charge >= 0.3 is 16.8 Å². The van der Waals surface area contributed by atoms with Crippen LogP contribution < -0.4 is 9.61 Å². The number of likely N-dealkylation sites (tertiary alicyclic amines) is 1. The fourth-order valence-electron chi connectivity index (χ4n) is 7.60. The third-order valence-corrected chi connectivity index (χ3v) is 11.9. The number of unbranched alkanes of at least 4 members (excludes halogenated alkanes) is 2. The number of carboxylic acid groups (broad SMARTS) is 1. The van der Waals surface area contributed by atoms with Crippen molar-refractivity contribution in [3.63, 3.8) is 0 Å². The van der Waals surface area contributed by atoms with Gasteiger partial charge in [0.15, 0.2) is 6.61 Å². The fourth-order valence-corrected chi connectivity index (χ4v) is 10.7. The van der Waals surface area contributed by atoms with Crippen LogP contribution >= 0.6 is 34.7 Å². The van der Waals surface area contributed by atoms with E-state index in [1.165, 1.54) is 4.90 Å². The second-order valence-electron chi connectivity index (χ2n) is 11.3. The zero-order valence-corrected chi connectivity index (χ0v) is 25.3. The Morgan fingerprint density at radius 1 is 1.12 bits per heavy atom. The average Bonchev–Trinajstić information content (AvgIpc) is 3.67. The molecule has 3 heterocycles. The third kappa shape index (κ3) is 5.05. The molecule has 2 N–H and O–H groups in total. The lowest BCUT2D eigenvalue weighted by Crippen LogP contribution is -2.42. The second-order valence-corrected chi connectivity index (χ2v) is 13.9. The minimum Gasteiger partial charge on any atom is -0.482 e. The van der Waals surface area contributed by atoms with E-state index in [1.54, 1.807) is 30.8 Å². The number of hydrogen-bond acceptors (Lipinski definition) is 9. The van der Waals surface area contributed by atoms with Gasteiger partial charge in [-0.05, 0) is 62.1 Å². The number of hydrogen-bond donors (Lipinski definition) is 2. The van der Waals surface area contributed by atoms with Gasteiger partial charge in [-0.1, -0.05) is 29.4 Å². The molecule has 4 aliphatic rings. The van der Waals surface area contributed by atoms with E-state index in [0.29, 0.717) is 36.6 Å². The molecule has 10 nitrogen and oxygen atoms in total. The van der Waals surface area contributed by atoms with Crippen LogP contribution in [0.25, 0.3) is 0 Å². The highest BCUT2D eigenvalue weighted by Crippen LogP contribution is 2.69. The van der Waals surface area contributed by atoms with Crippen LogP contribution in [-0.4, -0.2) is 63.8 Å². The number of nitrogens with zero attached hydrogens (tertiary/aromatic N) is 1. The molecule has 6 rings (SSSR count). The van der Waals surface area contributed by atoms with Gasteiger partial charge in [-0.15, -0.1) is 11.8 Å². The second kappa shape index (κ2) is 11.7. The molecule has 2 aromatic rings. The van der Waals surface area contributed by atoms with Crippen molar-refractivity contribution in [2.45, 2.75) is 55.2 Å². The van der Waals surface area contributed by atoms with Crippen LogP contribution in [0.5, 0.6) is 5.75 Å². The number of carbonyl (C=O) groups excluding carboxylic acids is 3. The van der Waals surface area contributed by atoms with Gasteiger partial charge in [0.25, 0.3) is 0 Å². The Morgan fingerprint density at radius 3 is 2.62 bits per heavy atom. The molecule has 13 heteroatoms. The topological polar surface area (TPSA) is 143 Å². The van der Waals surface area contributed by atoms with Crippen LogP contribution in [0.2, 0.25) is 5.02 Å². The predicted octanol–water partition coefficient (Wildman–Crippen LogP) is 4.15. The van der Waals surface area contributed by atoms with Crippen molar-refractivity contribution in [1.29, 1.82) is 0 Å². The van der Waals surface area contributed by atoms with E-state index in [1.807, 2.05) is 6.07 Å². The summed E-state index contributed by atoms with van der Waals surface area (Å²) in [6, 6.07) is 5.21. The molecule has 7 atom stereocenters. The standard InChI is InChI=1S/C29H31ClN2O8S2/c1-2-39-19(35)12-40-17-8-7-13(30)10-14(17)20-21-15-11-16(24(21)41-26-25(20)42-29(38)31-26)23-22(15)27(36)32(28(23)37)9-5-3-4-6-18(33)34/h7-8,10,15-16,20-24H,2-6,9,11-12H2,1H3,(H,31,38)(H,33,34)/t15?,16?,20-,21?,22?,23?,24?/m1/s1. The van der Waals surface area contributed by atoms with E-state index in [2.05, 4.69) is 4.98 Å². The van der Waals surface area contributed by atoms with Crippen LogP contribution in [0.3, 0.4) is 0 Å². The molecule has 2 aliphatic carbocycles. The van der Waals surface area contributed by atoms with Crippen molar-refractivity contribution < 1.29 is 33.8 Å². The van der Waals surface area contributed by atoms with Gasteiger partial charge in [0.1, 0.15) is 5.75 Å². The van der Waals surface area contributed by atoms with Gasteiger partial charge < -0.3 is 19.6 Å². The molecule has 1 aromatic carbocycles. The Balaban J connectivity index is 1.31. The first kappa shape index (κ1) is 29.3. The molecule has 0 spiro atoms. The maximum atomic E-state index is 13.7. The van der Waals surface area contributed by atoms with Gasteiger partial charge in [-0.2, -0.15) is 0 Å². The van der Waals surface area contributed by atoms with Gasteiger partial charge in [0.2, 0.25) is 11.8 Å². The highest BCUT2D eigenvalue weighted by Gasteiger charge is 2.69. The fraction of sp³-hybridized carbons (Fsp3) is 0.552. The minimum atomic E-state index is -0.854. The Bertz CT molecular complexity index is 1490. The van der Waals surface area contributed by atoms with Gasteiger partial charge in [0, 0.05) is 39.6 Å². The largest absolute Gasteiger partial charge is 0.482 e. The van der Waals surface area contributed by atoms with Crippen molar-refractivity contribution in [3.8, 4) is 5.75 Å². The third-order valence-electron chi connectivity index (χ3n) is 9.05. The van der Waals surface area contributed by atoms with Crippen molar-refractivity contribution in [2.24, 2.45) is 29.6 Å². The quantitative estimate of drug-likeness (QED) is 0.212. The maximum absolute atomic E-state index is 13.7. The zero-order valence-electron chi connectivity index (χ0n) is 22.9. The number of amides is 2. The summed E-state index contributed by atoms with van der Waals surface area (Å²) in [5, 5.41) is 10.1. The predicted molar refractivity (Wildman–Crippen MR) is 155 cm³/mol. The molecule has 42 heavy (non-hydrogen) atoms. The number of esters is 1. The summed E-state index contributed by atoms with van der Waals surface area (Å²) in [6.07, 6.45) is 2.53. The van der Waals surface area contributed by atoms with Gasteiger partial charge in [-0.25, -0.2) is 4.79 Å². The van der Waals surface area contributed by atoms with Crippen LogP contribution in [0.1, 0.15) is 55.4 Å². The molecule has 2 amide bonds. The lowest BCUT2D eigenvalue weighted by molar-refractivity contribution is -0.145. The molecule has 224 valence electrons. The number of imide groups is 1. The number of aliphatic carboxylic acids is 1. The van der Waals surface area contributed by atoms with Crippen molar-refractivity contribution in [3.05, 3.63) is 43.3 Å². The molecule has 1 aromatic heterocycles. The summed E-state index contributed by atoms with van der Waals surface area (Å²) in [4.78, 5) is 67.9. The highest BCUT2D eigenvalue weighted by atomic mass is 35.5. The summed E-state index contributed by atoms with van der Waals surface area (Å²) >= 11 is 9.21. The van der Waals surface area contributed by atoms with Crippen LogP contribution in [0.4, 0.5) is 0 Å². The van der Waals surface area contributed by atoms with Crippen molar-refractivity contribution in [1.82, 2.24) is 9.88 Å². The maximum Gasteiger partial charge on any atom is 0.344 e. The Kier molecular flexibility index (Phi) is 8.14. The summed E-state index contributed by atoms with van der Waals surface area (Å²) < 4.78 is 11.0. The number of rotatable bonds is 11. The van der Waals surface area contributed by atoms with E-state index in [4.69, 9.17) is 26.2 Å². The number of fused-ring (bicyclic) bond motifs is 9. The number of aromatic nitrogens is 1. The Labute approximate surface area is 255 Å². The lowest BCUT2D eigenvalue weighted by Gasteiger charge is -2.43. The van der Waals surface area contributed by atoms with Crippen LogP contribution in [0, 0.1) is 29.6 Å². The number of benzene rings is 1. The Hall–Kier alpha value is -2.83. The SMILES string of the molecule is CCOC(=O)COc1ccc(Cl)cc1[C@H]1c2sc(=O)[nH]c2SC2C3CC(C4C(=O)N(CCCCCC(=O)O)C(=O)C34)C21. The molecule has 1 saturated heterocycles. The number of carbonyl (C=O) groups is 4. The van der Waals surface area contributed by atoms with E-state index in [0.717, 1.165) is 33.2 Å². The number of carboxylic acids is 1. The number of aromatic amines is 1. The number of halogens is 1. The van der Waals surface area contributed by atoms with Crippen LogP contribution in [0.15, 0.2) is 28.0 Å². The van der Waals surface area contributed by atoms with E-state index in [-0.39, 0.29) is 71.2 Å². The normalized spacial score (nSPS) is 28.9. The monoisotopic (exact) mass is 634 g/mol. The molecule has 2 bridgehead atoms. The summed E-state index contributed by atoms with van der Waals surface area (Å²) in [5.41, 5.74) is 0.745. The molecule has 6 unspecified atom stereocenters. The highest BCUT2D eigenvalue weighted by molar-refractivity contribution is 8.00. The van der Waals surface area contributed by atoms with Gasteiger partial charge in [-0.3, -0.25) is 24.1 Å². The molecular formula is C29H31ClN2O8S2. The zero-order chi connectivity index (χ0) is 29.7. The Morgan fingerprint density at radius 2 is 1.88 bits per heavy atom. The molecular weight excluding hydrogens is 604 g/mol. The number of nitrogens with one attached hydrogen (secondary N) is 1. The van der Waals surface area contributed by atoms with E-state index in [9.17, 15) is 24.0 Å². The van der Waals surface area contributed by atoms with Crippen LogP contribution in [-0.2, 0) is 23.9 Å². The molecule has 3 fully saturated rings. The smallest absolute Gasteiger partial charge is 0.344 e. The molecule has 0 radical (unpaired) electrons. The first-order valence-electron chi connectivity index (χ1n) is 14.2. The van der Waals surface area contributed by atoms with E-state index < -0.39 is 17.9 Å². The number of H-pyrrole nitrogens is 1. The number of thioether (sulfide) groups is 1. The minimum absolute atomic E-state index is 0.00292. The summed E-state index contributed by atoms with van der Waals surface area (Å²) in [5.74, 6) is -2.42. The molecule has 2 saturated carbocycles. The summed E-state index contributed by atoms with van der Waals surface area (Å²) in [6.45, 7) is 1.98. The molecule has 2 aliphatic heterocycles. The number of ether oxygens (including phenoxy) is 2.